The first-order valence-corrected chi connectivity index (χ1v) is 6.70. The van der Waals surface area contributed by atoms with Crippen LogP contribution in [0.2, 0.25) is 0 Å². The molecule has 0 bridgehead atoms. The number of hydrogen-bond donors (Lipinski definition) is 1. The van der Waals surface area contributed by atoms with Gasteiger partial charge in [-0.3, -0.25) is 4.79 Å². The van der Waals surface area contributed by atoms with E-state index in [0.717, 1.165) is 14.4 Å². The molecule has 0 radical (unpaired) electrons. The number of methoxy groups -OCH3 is 1. The van der Waals surface area contributed by atoms with Crippen LogP contribution in [-0.2, 0) is 9.53 Å². The summed E-state index contributed by atoms with van der Waals surface area (Å²) in [5, 5.41) is 10.9. The van der Waals surface area contributed by atoms with Gasteiger partial charge in [0.1, 0.15) is 18.1 Å². The monoisotopic (exact) mass is 327 g/mol. The van der Waals surface area contributed by atoms with Gasteiger partial charge in [0.2, 0.25) is 0 Å². The van der Waals surface area contributed by atoms with Crippen molar-refractivity contribution in [1.82, 2.24) is 10.2 Å². The molecule has 0 saturated heterocycles. The molecule has 94 valence electrons. The summed E-state index contributed by atoms with van der Waals surface area (Å²) in [6.45, 7) is 0.0784. The number of aromatic nitrogens is 2. The van der Waals surface area contributed by atoms with E-state index < -0.39 is 0 Å². The van der Waals surface area contributed by atoms with Gasteiger partial charge in [0.05, 0.1) is 15.8 Å². The van der Waals surface area contributed by atoms with Gasteiger partial charge in [0.15, 0.2) is 0 Å². The van der Waals surface area contributed by atoms with Crippen molar-refractivity contribution in [3.05, 3.63) is 28.1 Å². The number of nitrogens with zero attached hydrogens (tertiary/aromatic N) is 2. The number of carbonyl (C=O) groups excluding carboxylic acids is 1. The minimum absolute atomic E-state index is 0.0784. The second-order valence-electron chi connectivity index (χ2n) is 3.34. The fourth-order valence-corrected chi connectivity index (χ4v) is 2.60. The van der Waals surface area contributed by atoms with E-state index in [1.807, 2.05) is 18.2 Å². The average molecular weight is 328 g/mol. The Hall–Kier alpha value is -1.47. The van der Waals surface area contributed by atoms with Crippen molar-refractivity contribution in [2.24, 2.45) is 0 Å². The van der Waals surface area contributed by atoms with Crippen molar-refractivity contribution in [3.63, 3.8) is 0 Å². The standard InChI is InChI=1S/C11H10BrN3O2S/c1-17-11(16)6-13-10-5-2-7(14-15-10)8-3-4-9(12)18-8/h2-5H,6H2,1H3,(H,13,15). The number of esters is 1. The zero-order valence-corrected chi connectivity index (χ0v) is 11.9. The average Bonchev–Trinajstić information content (AvgIpc) is 2.83. The Kier molecular flexibility index (Phi) is 4.27. The van der Waals surface area contributed by atoms with Crippen molar-refractivity contribution in [1.29, 1.82) is 0 Å². The highest BCUT2D eigenvalue weighted by molar-refractivity contribution is 9.11. The number of thiophene rings is 1. The zero-order chi connectivity index (χ0) is 13.0. The lowest BCUT2D eigenvalue weighted by Crippen LogP contribution is -2.15. The first-order valence-electron chi connectivity index (χ1n) is 5.09. The molecule has 0 atom stereocenters. The molecule has 5 nitrogen and oxygen atoms in total. The lowest BCUT2D eigenvalue weighted by Gasteiger charge is -2.03. The summed E-state index contributed by atoms with van der Waals surface area (Å²) in [6, 6.07) is 7.56. The second-order valence-corrected chi connectivity index (χ2v) is 5.80. The van der Waals surface area contributed by atoms with E-state index in [1.165, 1.54) is 7.11 Å². The molecular formula is C11H10BrN3O2S. The third-order valence-electron chi connectivity index (χ3n) is 2.13. The molecule has 2 aromatic rings. The van der Waals surface area contributed by atoms with E-state index in [1.54, 1.807) is 17.4 Å². The van der Waals surface area contributed by atoms with Crippen LogP contribution in [0, 0.1) is 0 Å². The summed E-state index contributed by atoms with van der Waals surface area (Å²) in [5.74, 6) is 0.197. The molecule has 0 aromatic carbocycles. The summed E-state index contributed by atoms with van der Waals surface area (Å²) >= 11 is 4.99. The predicted octanol–water partition coefficient (Wildman–Crippen LogP) is 2.55. The van der Waals surface area contributed by atoms with Gasteiger partial charge in [-0.25, -0.2) is 0 Å². The van der Waals surface area contributed by atoms with Crippen molar-refractivity contribution in [2.75, 3.05) is 19.0 Å². The van der Waals surface area contributed by atoms with Gasteiger partial charge >= 0.3 is 5.97 Å². The fourth-order valence-electron chi connectivity index (χ4n) is 1.24. The van der Waals surface area contributed by atoms with E-state index in [0.29, 0.717) is 5.82 Å². The molecule has 0 amide bonds. The lowest BCUT2D eigenvalue weighted by molar-refractivity contribution is -0.138. The van der Waals surface area contributed by atoms with Gasteiger partial charge in [0.25, 0.3) is 0 Å². The molecule has 0 aliphatic heterocycles. The van der Waals surface area contributed by atoms with Crippen LogP contribution >= 0.6 is 27.3 Å². The number of hydrogen-bond acceptors (Lipinski definition) is 6. The van der Waals surface area contributed by atoms with Crippen molar-refractivity contribution in [2.45, 2.75) is 0 Å². The Labute approximate surface area is 116 Å². The SMILES string of the molecule is COC(=O)CNc1ccc(-c2ccc(Br)s2)nn1. The van der Waals surface area contributed by atoms with Crippen LogP contribution in [0.3, 0.4) is 0 Å². The molecule has 18 heavy (non-hydrogen) atoms. The maximum Gasteiger partial charge on any atom is 0.325 e. The van der Waals surface area contributed by atoms with Gasteiger partial charge in [-0.15, -0.1) is 21.5 Å². The Morgan fingerprint density at radius 2 is 2.22 bits per heavy atom. The third-order valence-corrected chi connectivity index (χ3v) is 3.78. The van der Waals surface area contributed by atoms with E-state index >= 15 is 0 Å². The molecule has 0 aliphatic carbocycles. The zero-order valence-electron chi connectivity index (χ0n) is 9.51. The molecule has 0 saturated carbocycles. The van der Waals surface area contributed by atoms with Crippen LogP contribution in [-0.4, -0.2) is 29.8 Å². The molecule has 0 fully saturated rings. The molecule has 7 heteroatoms. The smallest absolute Gasteiger partial charge is 0.325 e. The van der Waals surface area contributed by atoms with E-state index in [2.05, 4.69) is 36.2 Å². The lowest BCUT2D eigenvalue weighted by atomic mass is 10.3. The van der Waals surface area contributed by atoms with Crippen LogP contribution in [0.15, 0.2) is 28.1 Å². The molecule has 0 unspecified atom stereocenters. The predicted molar refractivity (Wildman–Crippen MR) is 73.6 cm³/mol. The van der Waals surface area contributed by atoms with E-state index in [4.69, 9.17) is 0 Å². The van der Waals surface area contributed by atoms with Crippen LogP contribution in [0.25, 0.3) is 10.6 Å². The summed E-state index contributed by atoms with van der Waals surface area (Å²) in [6.07, 6.45) is 0. The Bertz CT molecular complexity index is 541. The van der Waals surface area contributed by atoms with Crippen LogP contribution in [0.5, 0.6) is 0 Å². The minimum Gasteiger partial charge on any atom is -0.468 e. The third kappa shape index (κ3) is 3.27. The van der Waals surface area contributed by atoms with Gasteiger partial charge in [-0.05, 0) is 40.2 Å². The van der Waals surface area contributed by atoms with Crippen LogP contribution in [0.4, 0.5) is 5.82 Å². The number of anilines is 1. The molecule has 0 aliphatic rings. The summed E-state index contributed by atoms with van der Waals surface area (Å²) < 4.78 is 5.56. The number of halogens is 1. The summed E-state index contributed by atoms with van der Waals surface area (Å²) in [5.41, 5.74) is 0.800. The molecule has 2 aromatic heterocycles. The maximum absolute atomic E-state index is 10.9. The topological polar surface area (TPSA) is 64.1 Å². The van der Waals surface area contributed by atoms with Crippen LogP contribution in [0.1, 0.15) is 0 Å². The highest BCUT2D eigenvalue weighted by atomic mass is 79.9. The van der Waals surface area contributed by atoms with Gasteiger partial charge in [-0.2, -0.15) is 0 Å². The first-order chi connectivity index (χ1) is 8.69. The van der Waals surface area contributed by atoms with Gasteiger partial charge in [-0.1, -0.05) is 0 Å². The highest BCUT2D eigenvalue weighted by Crippen LogP contribution is 2.29. The maximum atomic E-state index is 10.9. The van der Waals surface area contributed by atoms with Crippen molar-refractivity contribution < 1.29 is 9.53 Å². The van der Waals surface area contributed by atoms with Gasteiger partial charge < -0.3 is 10.1 Å². The Morgan fingerprint density at radius 3 is 2.78 bits per heavy atom. The van der Waals surface area contributed by atoms with E-state index in [-0.39, 0.29) is 12.5 Å². The second kappa shape index (κ2) is 5.92. The molecule has 2 rings (SSSR count). The molecule has 1 N–H and O–H groups in total. The van der Waals surface area contributed by atoms with Gasteiger partial charge in [0, 0.05) is 0 Å². The molecule has 2 heterocycles. The summed E-state index contributed by atoms with van der Waals surface area (Å²) in [4.78, 5) is 12.0. The number of carbonyl (C=O) groups is 1. The Balaban J connectivity index is 2.03. The van der Waals surface area contributed by atoms with Crippen LogP contribution < -0.4 is 5.32 Å². The molecular weight excluding hydrogens is 318 g/mol. The van der Waals surface area contributed by atoms with Crippen molar-refractivity contribution in [3.8, 4) is 10.6 Å². The normalized spacial score (nSPS) is 10.1. The Morgan fingerprint density at radius 1 is 1.39 bits per heavy atom. The number of nitrogens with one attached hydrogen (secondary N) is 1. The number of ether oxygens (including phenoxy) is 1. The minimum atomic E-state index is -0.344. The largest absolute Gasteiger partial charge is 0.468 e. The molecule has 0 spiro atoms. The highest BCUT2D eigenvalue weighted by Gasteiger charge is 2.05. The van der Waals surface area contributed by atoms with Crippen molar-refractivity contribution >= 4 is 39.1 Å². The van der Waals surface area contributed by atoms with E-state index in [9.17, 15) is 4.79 Å². The number of rotatable bonds is 4. The summed E-state index contributed by atoms with van der Waals surface area (Å²) in [7, 11) is 1.34. The fraction of sp³-hybridized carbons (Fsp3) is 0.182. The first kappa shape index (κ1) is 13.0. The quantitative estimate of drug-likeness (QED) is 0.874.